The molecule has 5 nitrogen and oxygen atoms in total. The van der Waals surface area contributed by atoms with Gasteiger partial charge in [0, 0.05) is 34.2 Å². The van der Waals surface area contributed by atoms with E-state index in [9.17, 15) is 22.0 Å². The molecular formula is C19H20Cl2F2N2O3S2. The molecule has 1 atom stereocenters. The number of benzene rings is 2. The molecule has 0 aliphatic heterocycles. The number of rotatable bonds is 9. The summed E-state index contributed by atoms with van der Waals surface area (Å²) in [7, 11) is -3.92. The van der Waals surface area contributed by atoms with Gasteiger partial charge in [-0.2, -0.15) is 11.8 Å². The molecule has 1 N–H and O–H groups in total. The Morgan fingerprint density at radius 1 is 1.17 bits per heavy atom. The zero-order valence-electron chi connectivity index (χ0n) is 16.2. The summed E-state index contributed by atoms with van der Waals surface area (Å²) in [4.78, 5) is 12.5. The maximum Gasteiger partial charge on any atom is 0.243 e. The molecule has 0 fully saturated rings. The van der Waals surface area contributed by atoms with E-state index >= 15 is 0 Å². The summed E-state index contributed by atoms with van der Waals surface area (Å²) in [5, 5.41) is 3.76. The molecule has 0 radical (unpaired) electrons. The third-order valence-corrected chi connectivity index (χ3v) is 6.90. The lowest BCUT2D eigenvalue weighted by Gasteiger charge is -2.28. The quantitative estimate of drug-likeness (QED) is 0.519. The van der Waals surface area contributed by atoms with Crippen molar-refractivity contribution in [2.75, 3.05) is 22.9 Å². The zero-order chi connectivity index (χ0) is 22.5. The van der Waals surface area contributed by atoms with Crippen LogP contribution in [-0.2, 0) is 20.6 Å². The van der Waals surface area contributed by atoms with E-state index in [1.165, 1.54) is 18.7 Å². The molecule has 0 aliphatic rings. The number of nitrogens with one attached hydrogen (secondary N) is 1. The number of sulfonamides is 1. The van der Waals surface area contributed by atoms with E-state index in [4.69, 9.17) is 23.2 Å². The summed E-state index contributed by atoms with van der Waals surface area (Å²) in [6.45, 7) is 1.66. The number of hydrogen-bond donors (Lipinski definition) is 1. The number of carbonyl (C=O) groups excluding carboxylic acids is 1. The smallest absolute Gasteiger partial charge is 0.243 e. The van der Waals surface area contributed by atoms with E-state index in [2.05, 4.69) is 5.32 Å². The average Bonchev–Trinajstić information content (AvgIpc) is 2.64. The standard InChI is InChI=1S/C19H20Cl2F2N2O3S2/c1-12(25(30(2,27)28)15-5-6-17(22)18(23)10-15)19(26)24-7-8-29-11-13-3-4-14(20)9-16(13)21/h3-6,9-10,12H,7-8,11H2,1-2H3,(H,24,26)/t12-/m0/s1. The number of thioether (sulfide) groups is 1. The number of carbonyl (C=O) groups is 1. The van der Waals surface area contributed by atoms with Crippen molar-refractivity contribution in [2.24, 2.45) is 0 Å². The largest absolute Gasteiger partial charge is 0.353 e. The molecular weight excluding hydrogens is 477 g/mol. The number of anilines is 1. The topological polar surface area (TPSA) is 66.5 Å². The highest BCUT2D eigenvalue weighted by atomic mass is 35.5. The fraction of sp³-hybridized carbons (Fsp3) is 0.316. The van der Waals surface area contributed by atoms with Crippen LogP contribution in [0.15, 0.2) is 36.4 Å². The maximum atomic E-state index is 13.6. The first-order valence-corrected chi connectivity index (χ1v) is 12.5. The van der Waals surface area contributed by atoms with Gasteiger partial charge in [0.2, 0.25) is 15.9 Å². The molecule has 0 spiro atoms. The van der Waals surface area contributed by atoms with Crippen LogP contribution in [0.4, 0.5) is 14.5 Å². The van der Waals surface area contributed by atoms with Crippen molar-refractivity contribution in [3.05, 3.63) is 63.6 Å². The lowest BCUT2D eigenvalue weighted by molar-refractivity contribution is -0.121. The first-order chi connectivity index (χ1) is 14.0. The number of nitrogens with zero attached hydrogens (tertiary/aromatic N) is 1. The molecule has 0 unspecified atom stereocenters. The van der Waals surface area contributed by atoms with Gasteiger partial charge in [0.15, 0.2) is 11.6 Å². The molecule has 1 amide bonds. The first-order valence-electron chi connectivity index (χ1n) is 8.74. The molecule has 0 heterocycles. The van der Waals surface area contributed by atoms with Crippen LogP contribution in [0.3, 0.4) is 0 Å². The number of amides is 1. The Labute approximate surface area is 188 Å². The molecule has 11 heteroatoms. The van der Waals surface area contributed by atoms with Gasteiger partial charge in [0.25, 0.3) is 0 Å². The van der Waals surface area contributed by atoms with Crippen LogP contribution in [-0.4, -0.2) is 38.9 Å². The summed E-state index contributed by atoms with van der Waals surface area (Å²) in [5.41, 5.74) is 0.776. The van der Waals surface area contributed by atoms with E-state index in [0.29, 0.717) is 21.6 Å². The Morgan fingerprint density at radius 3 is 2.47 bits per heavy atom. The van der Waals surface area contributed by atoms with Crippen LogP contribution in [0.2, 0.25) is 10.0 Å². The van der Waals surface area contributed by atoms with E-state index in [1.54, 1.807) is 12.1 Å². The summed E-state index contributed by atoms with van der Waals surface area (Å²) < 4.78 is 51.8. The van der Waals surface area contributed by atoms with Crippen molar-refractivity contribution >= 4 is 56.6 Å². The Kier molecular flexibility index (Phi) is 8.78. The maximum absolute atomic E-state index is 13.6. The first kappa shape index (κ1) is 24.7. The van der Waals surface area contributed by atoms with Crippen LogP contribution in [0.1, 0.15) is 12.5 Å². The highest BCUT2D eigenvalue weighted by Crippen LogP contribution is 2.25. The molecule has 0 aromatic heterocycles. The SMILES string of the molecule is C[C@@H](C(=O)NCCSCc1ccc(Cl)cc1Cl)N(c1ccc(F)c(F)c1)S(C)(=O)=O. The molecule has 2 aromatic rings. The highest BCUT2D eigenvalue weighted by Gasteiger charge is 2.29. The van der Waals surface area contributed by atoms with Crippen LogP contribution >= 0.6 is 35.0 Å². The minimum absolute atomic E-state index is 0.134. The Morgan fingerprint density at radius 2 is 1.87 bits per heavy atom. The minimum atomic E-state index is -3.92. The van der Waals surface area contributed by atoms with Crippen LogP contribution in [0, 0.1) is 11.6 Å². The van der Waals surface area contributed by atoms with Crippen LogP contribution in [0.5, 0.6) is 0 Å². The lowest BCUT2D eigenvalue weighted by atomic mass is 10.2. The van der Waals surface area contributed by atoms with Crippen molar-refractivity contribution in [1.29, 1.82) is 0 Å². The van der Waals surface area contributed by atoms with Gasteiger partial charge in [-0.1, -0.05) is 29.3 Å². The predicted molar refractivity (Wildman–Crippen MR) is 119 cm³/mol. The average molecular weight is 497 g/mol. The predicted octanol–water partition coefficient (Wildman–Crippen LogP) is 4.48. The number of hydrogen-bond acceptors (Lipinski definition) is 4. The third-order valence-electron chi connectivity index (χ3n) is 4.06. The van der Waals surface area contributed by atoms with E-state index in [1.807, 2.05) is 6.07 Å². The molecule has 0 bridgehead atoms. The van der Waals surface area contributed by atoms with E-state index in [-0.39, 0.29) is 12.2 Å². The Balaban J connectivity index is 1.94. The molecule has 0 saturated heterocycles. The third kappa shape index (κ3) is 6.73. The monoisotopic (exact) mass is 496 g/mol. The van der Waals surface area contributed by atoms with Crippen LogP contribution in [0.25, 0.3) is 0 Å². The van der Waals surface area contributed by atoms with Gasteiger partial charge in [-0.05, 0) is 36.8 Å². The van der Waals surface area contributed by atoms with Crippen molar-refractivity contribution in [3.63, 3.8) is 0 Å². The minimum Gasteiger partial charge on any atom is -0.353 e. The number of halogens is 4. The second-order valence-corrected chi connectivity index (χ2v) is 10.2. The fourth-order valence-electron chi connectivity index (χ4n) is 2.65. The zero-order valence-corrected chi connectivity index (χ0v) is 19.3. The van der Waals surface area contributed by atoms with Crippen molar-refractivity contribution in [1.82, 2.24) is 5.32 Å². The van der Waals surface area contributed by atoms with E-state index in [0.717, 1.165) is 34.3 Å². The molecule has 164 valence electrons. The van der Waals surface area contributed by atoms with Gasteiger partial charge in [-0.3, -0.25) is 9.10 Å². The summed E-state index contributed by atoms with van der Waals surface area (Å²) in [6, 6.07) is 6.73. The Hall–Kier alpha value is -1.55. The van der Waals surface area contributed by atoms with Gasteiger partial charge in [-0.15, -0.1) is 0 Å². The van der Waals surface area contributed by atoms with Gasteiger partial charge in [0.1, 0.15) is 6.04 Å². The summed E-state index contributed by atoms with van der Waals surface area (Å²) >= 11 is 13.5. The van der Waals surface area contributed by atoms with Gasteiger partial charge >= 0.3 is 0 Å². The van der Waals surface area contributed by atoms with Crippen molar-refractivity contribution in [2.45, 2.75) is 18.7 Å². The van der Waals surface area contributed by atoms with Gasteiger partial charge in [0.05, 0.1) is 11.9 Å². The lowest BCUT2D eigenvalue weighted by Crippen LogP contribution is -2.48. The molecule has 30 heavy (non-hydrogen) atoms. The van der Waals surface area contributed by atoms with Gasteiger partial charge < -0.3 is 5.32 Å². The molecule has 2 rings (SSSR count). The summed E-state index contributed by atoms with van der Waals surface area (Å²) in [5.74, 6) is -1.70. The fourth-order valence-corrected chi connectivity index (χ4v) is 5.23. The Bertz CT molecular complexity index is 1020. The normalized spacial score (nSPS) is 12.5. The molecule has 0 saturated carbocycles. The van der Waals surface area contributed by atoms with Crippen LogP contribution < -0.4 is 9.62 Å². The highest BCUT2D eigenvalue weighted by molar-refractivity contribution is 7.98. The summed E-state index contributed by atoms with van der Waals surface area (Å²) in [6.07, 6.45) is 0.893. The van der Waals surface area contributed by atoms with Gasteiger partial charge in [-0.25, -0.2) is 17.2 Å². The molecule has 2 aromatic carbocycles. The second-order valence-electron chi connectivity index (χ2n) is 6.41. The van der Waals surface area contributed by atoms with E-state index < -0.39 is 33.6 Å². The second kappa shape index (κ2) is 10.7. The van der Waals surface area contributed by atoms with Crippen molar-refractivity contribution in [3.8, 4) is 0 Å². The van der Waals surface area contributed by atoms with Crippen molar-refractivity contribution < 1.29 is 22.0 Å². The molecule has 0 aliphatic carbocycles.